The van der Waals surface area contributed by atoms with Gasteiger partial charge in [0.05, 0.1) is 18.2 Å². The maximum Gasteiger partial charge on any atom is 0.416 e. The molecule has 1 aliphatic carbocycles. The lowest BCUT2D eigenvalue weighted by Crippen LogP contribution is -2.53. The molecule has 1 aliphatic rings. The Morgan fingerprint density at radius 2 is 1.94 bits per heavy atom. The van der Waals surface area contributed by atoms with Crippen molar-refractivity contribution in [1.29, 1.82) is 0 Å². The Balaban J connectivity index is 1.93. The predicted octanol–water partition coefficient (Wildman–Crippen LogP) is 2.86. The highest BCUT2D eigenvalue weighted by Crippen LogP contribution is 2.30. The fourth-order valence-corrected chi connectivity index (χ4v) is 4.09. The number of halogens is 3. The number of aliphatic hydroxyl groups excluding tert-OH is 1. The van der Waals surface area contributed by atoms with Gasteiger partial charge in [-0.1, -0.05) is 26.8 Å². The lowest BCUT2D eigenvalue weighted by atomic mass is 9.77. The first-order valence-corrected chi connectivity index (χ1v) is 10.7. The van der Waals surface area contributed by atoms with Crippen LogP contribution in [0.15, 0.2) is 24.3 Å². The van der Waals surface area contributed by atoms with Gasteiger partial charge in [0.15, 0.2) is 0 Å². The van der Waals surface area contributed by atoms with Gasteiger partial charge in [-0.15, -0.1) is 0 Å². The van der Waals surface area contributed by atoms with Gasteiger partial charge in [-0.2, -0.15) is 13.2 Å². The highest BCUT2D eigenvalue weighted by atomic mass is 19.4. The van der Waals surface area contributed by atoms with E-state index in [1.165, 1.54) is 6.07 Å². The molecular formula is C22H32F3N3O3. The lowest BCUT2D eigenvalue weighted by molar-refractivity contribution is -0.137. The first kappa shape index (κ1) is 25.1. The second-order valence-corrected chi connectivity index (χ2v) is 8.41. The second kappa shape index (κ2) is 10.9. The molecule has 1 aromatic rings. The van der Waals surface area contributed by atoms with Crippen LogP contribution in [0, 0.1) is 5.92 Å². The first-order chi connectivity index (χ1) is 14.5. The molecule has 1 aromatic carbocycles. The average Bonchev–Trinajstić information content (AvgIpc) is 2.71. The number of rotatable bonds is 8. The van der Waals surface area contributed by atoms with Crippen molar-refractivity contribution in [2.24, 2.45) is 5.92 Å². The molecule has 2 amide bonds. The number of alkyl halides is 3. The molecule has 1 saturated carbocycles. The molecule has 31 heavy (non-hydrogen) atoms. The van der Waals surface area contributed by atoms with Gasteiger partial charge < -0.3 is 21.1 Å². The van der Waals surface area contributed by atoms with Crippen LogP contribution in [0.3, 0.4) is 0 Å². The monoisotopic (exact) mass is 443 g/mol. The largest absolute Gasteiger partial charge is 0.416 e. The minimum Gasteiger partial charge on any atom is -0.393 e. The van der Waals surface area contributed by atoms with E-state index in [1.54, 1.807) is 0 Å². The van der Waals surface area contributed by atoms with Crippen molar-refractivity contribution in [2.75, 3.05) is 6.54 Å². The third-order valence-corrected chi connectivity index (χ3v) is 5.59. The Kier molecular flexibility index (Phi) is 8.88. The Morgan fingerprint density at radius 3 is 2.55 bits per heavy atom. The summed E-state index contributed by atoms with van der Waals surface area (Å²) in [5, 5.41) is 19.2. The Hall–Kier alpha value is -2.13. The van der Waals surface area contributed by atoms with E-state index >= 15 is 0 Å². The number of carbonyl (C=O) groups is 2. The summed E-state index contributed by atoms with van der Waals surface area (Å²) in [4.78, 5) is 24.6. The summed E-state index contributed by atoms with van der Waals surface area (Å²) < 4.78 is 38.4. The van der Waals surface area contributed by atoms with Crippen LogP contribution in [-0.2, 0) is 11.0 Å². The Bertz CT molecular complexity index is 755. The molecule has 9 heteroatoms. The van der Waals surface area contributed by atoms with Crippen molar-refractivity contribution in [1.82, 2.24) is 16.0 Å². The number of carbonyl (C=O) groups excluding carboxylic acids is 2. The molecule has 0 unspecified atom stereocenters. The highest BCUT2D eigenvalue weighted by Gasteiger charge is 2.35. The molecular weight excluding hydrogens is 411 g/mol. The van der Waals surface area contributed by atoms with Gasteiger partial charge in [0, 0.05) is 29.6 Å². The van der Waals surface area contributed by atoms with Crippen molar-refractivity contribution >= 4 is 11.8 Å². The predicted molar refractivity (Wildman–Crippen MR) is 111 cm³/mol. The fourth-order valence-electron chi connectivity index (χ4n) is 4.09. The summed E-state index contributed by atoms with van der Waals surface area (Å²) in [6, 6.07) is 4.41. The molecule has 6 nitrogen and oxygen atoms in total. The fraction of sp³-hybridized carbons (Fsp3) is 0.636. The van der Waals surface area contributed by atoms with E-state index in [0.717, 1.165) is 31.0 Å². The minimum atomic E-state index is -4.55. The molecule has 0 saturated heterocycles. The summed E-state index contributed by atoms with van der Waals surface area (Å²) in [6.07, 6.45) is -2.26. The molecule has 4 N–H and O–H groups in total. The van der Waals surface area contributed by atoms with Crippen LogP contribution in [0.5, 0.6) is 0 Å². The van der Waals surface area contributed by atoms with E-state index in [2.05, 4.69) is 29.8 Å². The lowest BCUT2D eigenvalue weighted by Gasteiger charge is -2.40. The van der Waals surface area contributed by atoms with Crippen molar-refractivity contribution in [2.45, 2.75) is 76.9 Å². The van der Waals surface area contributed by atoms with Crippen LogP contribution < -0.4 is 16.0 Å². The first-order valence-electron chi connectivity index (χ1n) is 10.7. The van der Waals surface area contributed by atoms with Gasteiger partial charge in [0.25, 0.3) is 5.91 Å². The summed E-state index contributed by atoms with van der Waals surface area (Å²) in [5.74, 6) is -1.30. The quantitative estimate of drug-likeness (QED) is 0.497. The van der Waals surface area contributed by atoms with E-state index < -0.39 is 29.7 Å². The van der Waals surface area contributed by atoms with Crippen LogP contribution in [-0.4, -0.2) is 47.7 Å². The van der Waals surface area contributed by atoms with Gasteiger partial charge in [0.1, 0.15) is 0 Å². The maximum atomic E-state index is 12.8. The van der Waals surface area contributed by atoms with Crippen LogP contribution in [0.2, 0.25) is 0 Å². The molecule has 2 rings (SSSR count). The van der Waals surface area contributed by atoms with Gasteiger partial charge >= 0.3 is 6.18 Å². The van der Waals surface area contributed by atoms with E-state index in [-0.39, 0.29) is 30.1 Å². The Labute approximate surface area is 181 Å². The molecule has 4 atom stereocenters. The van der Waals surface area contributed by atoms with Crippen LogP contribution >= 0.6 is 0 Å². The van der Waals surface area contributed by atoms with Gasteiger partial charge in [-0.05, 0) is 43.9 Å². The number of benzene rings is 1. The SMILES string of the molecule is CC[C@@H](O)[C@@H]1C[C@H](NC(C)C)CC[C@@H]1NC(=O)CNC(=O)c1cccc(C(F)(F)F)c1. The summed E-state index contributed by atoms with van der Waals surface area (Å²) in [5.41, 5.74) is -1.09. The third kappa shape index (κ3) is 7.50. The van der Waals surface area contributed by atoms with Gasteiger partial charge in [-0.3, -0.25) is 9.59 Å². The van der Waals surface area contributed by atoms with Gasteiger partial charge in [0.2, 0.25) is 5.91 Å². The molecule has 0 bridgehead atoms. The maximum absolute atomic E-state index is 12.8. The molecule has 0 radical (unpaired) electrons. The minimum absolute atomic E-state index is 0.113. The molecule has 1 fully saturated rings. The smallest absolute Gasteiger partial charge is 0.393 e. The molecule has 0 aliphatic heterocycles. The number of hydrogen-bond acceptors (Lipinski definition) is 4. The van der Waals surface area contributed by atoms with Crippen molar-refractivity contribution < 1.29 is 27.9 Å². The van der Waals surface area contributed by atoms with Crippen LogP contribution in [0.25, 0.3) is 0 Å². The zero-order valence-corrected chi connectivity index (χ0v) is 18.1. The summed E-state index contributed by atoms with van der Waals surface area (Å²) in [7, 11) is 0. The standard InChI is InChI=1S/C22H32F3N3O3/c1-4-19(29)17-11-16(27-13(2)3)8-9-18(17)28-20(30)12-26-21(31)14-6-5-7-15(10-14)22(23,24)25/h5-7,10,13,16-19,27,29H,4,8-9,11-12H2,1-3H3,(H,26,31)(H,28,30)/t16-,17-,18+,19-/m1/s1. The van der Waals surface area contributed by atoms with Crippen LogP contribution in [0.1, 0.15) is 62.4 Å². The molecule has 0 heterocycles. The number of hydrogen-bond donors (Lipinski definition) is 4. The topological polar surface area (TPSA) is 90.5 Å². The van der Waals surface area contributed by atoms with Crippen molar-refractivity contribution in [3.8, 4) is 0 Å². The second-order valence-electron chi connectivity index (χ2n) is 8.41. The average molecular weight is 444 g/mol. The third-order valence-electron chi connectivity index (χ3n) is 5.59. The molecule has 174 valence electrons. The summed E-state index contributed by atoms with van der Waals surface area (Å²) >= 11 is 0. The zero-order chi connectivity index (χ0) is 23.2. The summed E-state index contributed by atoms with van der Waals surface area (Å²) in [6.45, 7) is 5.66. The molecule has 0 spiro atoms. The normalized spacial score (nSPS) is 22.8. The van der Waals surface area contributed by atoms with Crippen molar-refractivity contribution in [3.05, 3.63) is 35.4 Å². The van der Waals surface area contributed by atoms with Crippen LogP contribution in [0.4, 0.5) is 13.2 Å². The van der Waals surface area contributed by atoms with E-state index in [4.69, 9.17) is 0 Å². The van der Waals surface area contributed by atoms with E-state index in [1.807, 2.05) is 6.92 Å². The number of nitrogens with one attached hydrogen (secondary N) is 3. The number of amides is 2. The number of aliphatic hydroxyl groups is 1. The molecule has 0 aromatic heterocycles. The van der Waals surface area contributed by atoms with E-state index in [9.17, 15) is 27.9 Å². The van der Waals surface area contributed by atoms with Crippen molar-refractivity contribution in [3.63, 3.8) is 0 Å². The van der Waals surface area contributed by atoms with E-state index in [0.29, 0.717) is 18.9 Å². The highest BCUT2D eigenvalue weighted by molar-refractivity contribution is 5.96. The Morgan fingerprint density at radius 1 is 1.23 bits per heavy atom. The van der Waals surface area contributed by atoms with Gasteiger partial charge in [-0.25, -0.2) is 0 Å². The zero-order valence-electron chi connectivity index (χ0n) is 18.1.